The normalized spacial score (nSPS) is 10.1. The Morgan fingerprint density at radius 2 is 2.09 bits per heavy atom. The second-order valence-electron chi connectivity index (χ2n) is 2.39. The Labute approximate surface area is 73.6 Å². The van der Waals surface area contributed by atoms with Crippen molar-refractivity contribution in [2.45, 2.75) is 13.5 Å². The van der Waals surface area contributed by atoms with Crippen molar-refractivity contribution in [1.29, 1.82) is 0 Å². The van der Waals surface area contributed by atoms with E-state index in [0.29, 0.717) is 5.56 Å². The Balaban J connectivity index is 3.24. The van der Waals surface area contributed by atoms with Crippen molar-refractivity contribution >= 4 is 15.9 Å². The van der Waals surface area contributed by atoms with Gasteiger partial charge in [-0.2, -0.15) is 0 Å². The second-order valence-corrected chi connectivity index (χ2v) is 3.19. The molecule has 0 aliphatic carbocycles. The summed E-state index contributed by atoms with van der Waals surface area (Å²) in [6.45, 7) is 1.80. The SMILES string of the molecule is Cc1cc(O)cc(CO)c1Br. The summed E-state index contributed by atoms with van der Waals surface area (Å²) in [7, 11) is 0. The van der Waals surface area contributed by atoms with Crippen molar-refractivity contribution in [3.63, 3.8) is 0 Å². The van der Waals surface area contributed by atoms with Crippen LogP contribution in [0.5, 0.6) is 5.75 Å². The lowest BCUT2D eigenvalue weighted by Crippen LogP contribution is -1.87. The summed E-state index contributed by atoms with van der Waals surface area (Å²) in [6, 6.07) is 3.18. The van der Waals surface area contributed by atoms with Gasteiger partial charge < -0.3 is 10.2 Å². The molecule has 0 aromatic heterocycles. The van der Waals surface area contributed by atoms with Crippen molar-refractivity contribution in [1.82, 2.24) is 0 Å². The molecule has 0 spiro atoms. The monoisotopic (exact) mass is 216 g/mol. The van der Waals surface area contributed by atoms with E-state index < -0.39 is 0 Å². The molecular weight excluding hydrogens is 208 g/mol. The van der Waals surface area contributed by atoms with E-state index in [2.05, 4.69) is 15.9 Å². The number of hydrogen-bond acceptors (Lipinski definition) is 2. The summed E-state index contributed by atoms with van der Waals surface area (Å²) >= 11 is 3.30. The van der Waals surface area contributed by atoms with Gasteiger partial charge in [0.15, 0.2) is 0 Å². The number of aliphatic hydroxyl groups excluding tert-OH is 1. The van der Waals surface area contributed by atoms with Gasteiger partial charge >= 0.3 is 0 Å². The van der Waals surface area contributed by atoms with Gasteiger partial charge in [-0.05, 0) is 30.2 Å². The van der Waals surface area contributed by atoms with Crippen LogP contribution in [0, 0.1) is 6.92 Å². The highest BCUT2D eigenvalue weighted by Crippen LogP contribution is 2.25. The van der Waals surface area contributed by atoms with Gasteiger partial charge in [0.2, 0.25) is 0 Å². The molecule has 1 rings (SSSR count). The maximum absolute atomic E-state index is 9.12. The molecule has 3 heteroatoms. The highest BCUT2D eigenvalue weighted by molar-refractivity contribution is 9.10. The van der Waals surface area contributed by atoms with Crippen LogP contribution in [0.4, 0.5) is 0 Å². The number of aryl methyl sites for hydroxylation is 1. The van der Waals surface area contributed by atoms with Crippen molar-refractivity contribution < 1.29 is 10.2 Å². The Hall–Kier alpha value is -0.540. The molecule has 11 heavy (non-hydrogen) atoms. The van der Waals surface area contributed by atoms with Crippen LogP contribution in [0.1, 0.15) is 11.1 Å². The Morgan fingerprint density at radius 3 is 2.64 bits per heavy atom. The Morgan fingerprint density at radius 1 is 1.45 bits per heavy atom. The smallest absolute Gasteiger partial charge is 0.116 e. The first-order chi connectivity index (χ1) is 5.15. The zero-order chi connectivity index (χ0) is 8.43. The minimum Gasteiger partial charge on any atom is -0.508 e. The van der Waals surface area contributed by atoms with Crippen LogP contribution in [0.2, 0.25) is 0 Å². The van der Waals surface area contributed by atoms with E-state index in [1.807, 2.05) is 6.92 Å². The first-order valence-corrected chi connectivity index (χ1v) is 4.03. The van der Waals surface area contributed by atoms with Crippen LogP contribution in [0.3, 0.4) is 0 Å². The molecule has 0 saturated heterocycles. The molecule has 0 heterocycles. The zero-order valence-electron chi connectivity index (χ0n) is 6.13. The average Bonchev–Trinajstić information content (AvgIpc) is 1.96. The highest BCUT2D eigenvalue weighted by atomic mass is 79.9. The molecule has 0 amide bonds. The topological polar surface area (TPSA) is 40.5 Å². The molecule has 0 bridgehead atoms. The van der Waals surface area contributed by atoms with E-state index >= 15 is 0 Å². The molecule has 0 fully saturated rings. The van der Waals surface area contributed by atoms with Gasteiger partial charge in [-0.25, -0.2) is 0 Å². The highest BCUT2D eigenvalue weighted by Gasteiger charge is 2.03. The number of aromatic hydroxyl groups is 1. The van der Waals surface area contributed by atoms with Gasteiger partial charge in [-0.1, -0.05) is 15.9 Å². The number of aliphatic hydroxyl groups is 1. The number of hydrogen-bond donors (Lipinski definition) is 2. The first kappa shape index (κ1) is 8.56. The minimum absolute atomic E-state index is 0.0597. The van der Waals surface area contributed by atoms with Crippen molar-refractivity contribution in [2.75, 3.05) is 0 Å². The molecule has 60 valence electrons. The fourth-order valence-electron chi connectivity index (χ4n) is 0.937. The number of phenolic OH excluding ortho intramolecular Hbond substituents is 1. The first-order valence-electron chi connectivity index (χ1n) is 3.24. The molecule has 2 N–H and O–H groups in total. The summed E-state index contributed by atoms with van der Waals surface area (Å²) in [6.07, 6.45) is 0. The van der Waals surface area contributed by atoms with Gasteiger partial charge in [-0.15, -0.1) is 0 Å². The van der Waals surface area contributed by atoms with Gasteiger partial charge in [0, 0.05) is 4.47 Å². The molecule has 0 radical (unpaired) electrons. The number of benzene rings is 1. The maximum Gasteiger partial charge on any atom is 0.116 e. The average molecular weight is 217 g/mol. The Kier molecular flexibility index (Phi) is 2.52. The van der Waals surface area contributed by atoms with Gasteiger partial charge in [0.25, 0.3) is 0 Å². The molecule has 0 unspecified atom stereocenters. The molecular formula is C8H9BrO2. The summed E-state index contributed by atoms with van der Waals surface area (Å²) in [5.41, 5.74) is 1.64. The lowest BCUT2D eigenvalue weighted by molar-refractivity contribution is 0.280. The molecule has 1 aromatic rings. The fourth-order valence-corrected chi connectivity index (χ4v) is 1.29. The standard InChI is InChI=1S/C8H9BrO2/c1-5-2-7(11)3-6(4-10)8(5)9/h2-3,10-11H,4H2,1H3. The number of halogens is 1. The largest absolute Gasteiger partial charge is 0.508 e. The van der Waals surface area contributed by atoms with Crippen LogP contribution < -0.4 is 0 Å². The quantitative estimate of drug-likeness (QED) is 0.754. The van der Waals surface area contributed by atoms with Crippen molar-refractivity contribution in [3.05, 3.63) is 27.7 Å². The molecule has 0 saturated carbocycles. The third-order valence-corrected chi connectivity index (χ3v) is 2.62. The van der Waals surface area contributed by atoms with E-state index in [1.54, 1.807) is 6.07 Å². The van der Waals surface area contributed by atoms with E-state index in [1.165, 1.54) is 6.07 Å². The van der Waals surface area contributed by atoms with Crippen LogP contribution in [0.25, 0.3) is 0 Å². The fraction of sp³-hybridized carbons (Fsp3) is 0.250. The lowest BCUT2D eigenvalue weighted by atomic mass is 10.1. The second kappa shape index (κ2) is 3.24. The number of rotatable bonds is 1. The predicted octanol–water partition coefficient (Wildman–Crippen LogP) is 1.96. The van der Waals surface area contributed by atoms with E-state index in [4.69, 9.17) is 10.2 Å². The van der Waals surface area contributed by atoms with Crippen molar-refractivity contribution in [2.24, 2.45) is 0 Å². The van der Waals surface area contributed by atoms with E-state index in [0.717, 1.165) is 10.0 Å². The third-order valence-electron chi connectivity index (χ3n) is 1.48. The minimum atomic E-state index is -0.0597. The van der Waals surface area contributed by atoms with Gasteiger partial charge in [0.05, 0.1) is 6.61 Å². The van der Waals surface area contributed by atoms with Crippen LogP contribution in [0.15, 0.2) is 16.6 Å². The van der Waals surface area contributed by atoms with Gasteiger partial charge in [-0.3, -0.25) is 0 Å². The maximum atomic E-state index is 9.12. The third kappa shape index (κ3) is 1.73. The van der Waals surface area contributed by atoms with Crippen LogP contribution in [-0.2, 0) is 6.61 Å². The number of phenols is 1. The molecule has 2 nitrogen and oxygen atoms in total. The summed E-state index contributed by atoms with van der Waals surface area (Å²) in [5.74, 6) is 0.190. The van der Waals surface area contributed by atoms with E-state index in [9.17, 15) is 0 Å². The van der Waals surface area contributed by atoms with Crippen LogP contribution in [-0.4, -0.2) is 10.2 Å². The summed E-state index contributed by atoms with van der Waals surface area (Å²) in [5, 5.41) is 17.9. The Bertz CT molecular complexity index is 271. The summed E-state index contributed by atoms with van der Waals surface area (Å²) < 4.78 is 0.859. The van der Waals surface area contributed by atoms with E-state index in [-0.39, 0.29) is 12.4 Å². The van der Waals surface area contributed by atoms with Crippen LogP contribution >= 0.6 is 15.9 Å². The zero-order valence-corrected chi connectivity index (χ0v) is 7.72. The molecule has 0 atom stereocenters. The molecule has 0 aliphatic heterocycles. The predicted molar refractivity (Wildman–Crippen MR) is 46.5 cm³/mol. The van der Waals surface area contributed by atoms with Crippen molar-refractivity contribution in [3.8, 4) is 5.75 Å². The van der Waals surface area contributed by atoms with Gasteiger partial charge in [0.1, 0.15) is 5.75 Å². The molecule has 1 aromatic carbocycles. The summed E-state index contributed by atoms with van der Waals surface area (Å²) in [4.78, 5) is 0. The lowest BCUT2D eigenvalue weighted by Gasteiger charge is -2.04. The molecule has 0 aliphatic rings.